The van der Waals surface area contributed by atoms with Gasteiger partial charge >= 0.3 is 0 Å². The molecule has 0 bridgehead atoms. The van der Waals surface area contributed by atoms with Crippen LogP contribution < -0.4 is 19.3 Å². The van der Waals surface area contributed by atoms with Gasteiger partial charge in [0.05, 0.1) is 55.8 Å². The van der Waals surface area contributed by atoms with Crippen molar-refractivity contribution in [2.75, 3.05) is 23.5 Å². The molecule has 12 heteroatoms. The summed E-state index contributed by atoms with van der Waals surface area (Å²) in [6.45, 7) is 5.40. The fourth-order valence-electron chi connectivity index (χ4n) is 9.84. The predicted molar refractivity (Wildman–Crippen MR) is 224 cm³/mol. The molecule has 5 aromatic carbocycles. The Hall–Kier alpha value is -5.82. The second-order valence-corrected chi connectivity index (χ2v) is 20.2. The van der Waals surface area contributed by atoms with E-state index >= 15 is 8.90 Å². The first kappa shape index (κ1) is 38.7. The summed E-state index contributed by atoms with van der Waals surface area (Å²) in [4.78, 5) is 48.4. The molecule has 0 radical (unpaired) electrons. The zero-order valence-corrected chi connectivity index (χ0v) is 34.4. The first-order valence-corrected chi connectivity index (χ1v) is 23.0. The fourth-order valence-corrected chi connectivity index (χ4v) is 12.3. The van der Waals surface area contributed by atoms with Crippen molar-refractivity contribution in [3.8, 4) is 17.2 Å². The fraction of sp³-hybridized carbons (Fsp3) is 0.298. The average Bonchev–Trinajstić information content (AvgIpc) is 3.61. The van der Waals surface area contributed by atoms with Gasteiger partial charge in [0.25, 0.3) is 11.8 Å². The van der Waals surface area contributed by atoms with Crippen LogP contribution in [0.1, 0.15) is 46.0 Å². The van der Waals surface area contributed by atoms with Crippen LogP contribution in [-0.2, 0) is 39.4 Å². The number of anilines is 3. The number of ether oxygens (including phenoxy) is 3. The molecule has 1 spiro atoms. The maximum atomic E-state index is 16.7. The van der Waals surface area contributed by atoms with E-state index in [0.717, 1.165) is 16.7 Å². The zero-order valence-electron chi connectivity index (χ0n) is 33.4. The SMILES string of the molecule is COc1ccc2c(c1)[C@@]1(O[C@H](CC(=O)N3Cc4ccccc4C[C@H]3CO)[C@@H]([Si](C)(C)F)[C@@H]1C)C(=O)N2Cc1ccc(N2C(=O)c3ccccc3Oc3ccccc32)cc1. The smallest absolute Gasteiger partial charge is 0.266 e. The number of hydrogen-bond donors (Lipinski definition) is 1. The van der Waals surface area contributed by atoms with Crippen LogP contribution in [0.4, 0.5) is 21.2 Å². The monoisotopic (exact) mass is 811 g/mol. The zero-order chi connectivity index (χ0) is 41.2. The molecular formula is C47H46FN3O7Si. The van der Waals surface area contributed by atoms with E-state index in [1.54, 1.807) is 65.2 Å². The summed E-state index contributed by atoms with van der Waals surface area (Å²) in [6, 6.07) is 34.9. The second kappa shape index (κ2) is 14.8. The molecule has 5 atom stereocenters. The lowest BCUT2D eigenvalue weighted by atomic mass is 9.82. The number of carbonyl (C=O) groups is 3. The largest absolute Gasteiger partial charge is 0.497 e. The molecule has 0 unspecified atom stereocenters. The van der Waals surface area contributed by atoms with Crippen LogP contribution in [0, 0.1) is 5.92 Å². The number of carbonyl (C=O) groups excluding carboxylic acids is 3. The van der Waals surface area contributed by atoms with Gasteiger partial charge in [-0.25, -0.2) is 0 Å². The molecule has 4 heterocycles. The van der Waals surface area contributed by atoms with Gasteiger partial charge in [-0.15, -0.1) is 0 Å². The van der Waals surface area contributed by atoms with Crippen molar-refractivity contribution in [2.45, 2.75) is 69.2 Å². The highest BCUT2D eigenvalue weighted by Gasteiger charge is 2.67. The number of amides is 3. The molecule has 5 aromatic rings. The van der Waals surface area contributed by atoms with Crippen molar-refractivity contribution in [3.05, 3.63) is 143 Å². The number of aliphatic hydroxyl groups is 1. The number of halogens is 1. The van der Waals surface area contributed by atoms with Gasteiger partial charge in [-0.1, -0.05) is 67.6 Å². The number of aliphatic hydroxyl groups excluding tert-OH is 1. The molecule has 1 N–H and O–H groups in total. The van der Waals surface area contributed by atoms with E-state index in [2.05, 4.69) is 0 Å². The first-order valence-electron chi connectivity index (χ1n) is 20.1. The predicted octanol–water partition coefficient (Wildman–Crippen LogP) is 8.44. The van der Waals surface area contributed by atoms with E-state index in [0.29, 0.717) is 58.4 Å². The lowest BCUT2D eigenvalue weighted by molar-refractivity contribution is -0.151. The second-order valence-electron chi connectivity index (χ2n) is 16.5. The number of benzene rings is 5. The Balaban J connectivity index is 1.03. The van der Waals surface area contributed by atoms with Crippen LogP contribution in [0.15, 0.2) is 115 Å². The molecular weight excluding hydrogens is 766 g/mol. The van der Waals surface area contributed by atoms with Crippen molar-refractivity contribution >= 4 is 43.2 Å². The van der Waals surface area contributed by atoms with E-state index < -0.39 is 37.6 Å². The van der Waals surface area contributed by atoms with Gasteiger partial charge in [0, 0.05) is 29.3 Å². The summed E-state index contributed by atoms with van der Waals surface area (Å²) < 4.78 is 35.4. The highest BCUT2D eigenvalue weighted by Crippen LogP contribution is 2.61. The number of hydrogen-bond acceptors (Lipinski definition) is 7. The quantitative estimate of drug-likeness (QED) is 0.124. The molecule has 302 valence electrons. The van der Waals surface area contributed by atoms with Crippen molar-refractivity contribution in [1.82, 2.24) is 4.90 Å². The van der Waals surface area contributed by atoms with Gasteiger partial charge < -0.3 is 33.2 Å². The number of methoxy groups -OCH3 is 1. The van der Waals surface area contributed by atoms with Crippen molar-refractivity contribution in [1.29, 1.82) is 0 Å². The molecule has 1 saturated heterocycles. The molecule has 3 amide bonds. The van der Waals surface area contributed by atoms with Crippen LogP contribution in [0.2, 0.25) is 18.6 Å². The summed E-state index contributed by atoms with van der Waals surface area (Å²) in [5.41, 5.74) is 3.49. The molecule has 4 aliphatic heterocycles. The molecule has 1 fully saturated rings. The van der Waals surface area contributed by atoms with Crippen molar-refractivity contribution in [3.63, 3.8) is 0 Å². The summed E-state index contributed by atoms with van der Waals surface area (Å²) in [7, 11) is -2.03. The van der Waals surface area contributed by atoms with Gasteiger partial charge in [-0.3, -0.25) is 19.3 Å². The summed E-state index contributed by atoms with van der Waals surface area (Å²) in [5.74, 6) is 0.121. The van der Waals surface area contributed by atoms with E-state index in [1.165, 1.54) is 0 Å². The third-order valence-corrected chi connectivity index (χ3v) is 15.1. The Labute approximate surface area is 343 Å². The molecule has 4 aliphatic rings. The maximum absolute atomic E-state index is 16.7. The Morgan fingerprint density at radius 2 is 1.59 bits per heavy atom. The highest BCUT2D eigenvalue weighted by molar-refractivity contribution is 6.72. The number of fused-ring (bicyclic) bond motifs is 5. The maximum Gasteiger partial charge on any atom is 0.266 e. The summed E-state index contributed by atoms with van der Waals surface area (Å²) >= 11 is 0. The van der Waals surface area contributed by atoms with Gasteiger partial charge in [-0.05, 0) is 90.8 Å². The molecule has 59 heavy (non-hydrogen) atoms. The van der Waals surface area contributed by atoms with E-state index in [9.17, 15) is 14.7 Å². The molecule has 10 nitrogen and oxygen atoms in total. The van der Waals surface area contributed by atoms with Gasteiger partial charge in [0.15, 0.2) is 11.4 Å². The molecule has 0 aliphatic carbocycles. The van der Waals surface area contributed by atoms with E-state index in [4.69, 9.17) is 14.2 Å². The lowest BCUT2D eigenvalue weighted by Crippen LogP contribution is -2.48. The van der Waals surface area contributed by atoms with E-state index in [-0.39, 0.29) is 37.3 Å². The first-order chi connectivity index (χ1) is 28.4. The highest BCUT2D eigenvalue weighted by atomic mass is 28.4. The number of para-hydroxylation sites is 3. The Morgan fingerprint density at radius 1 is 0.898 bits per heavy atom. The lowest BCUT2D eigenvalue weighted by Gasteiger charge is -2.37. The third kappa shape index (κ3) is 6.41. The Kier molecular flexibility index (Phi) is 9.69. The summed E-state index contributed by atoms with van der Waals surface area (Å²) in [5, 5.41) is 10.3. The molecule has 0 saturated carbocycles. The van der Waals surface area contributed by atoms with Gasteiger partial charge in [0.1, 0.15) is 11.5 Å². The van der Waals surface area contributed by atoms with Crippen LogP contribution in [0.25, 0.3) is 0 Å². The minimum absolute atomic E-state index is 0.127. The van der Waals surface area contributed by atoms with E-state index in [1.807, 2.05) is 91.9 Å². The normalized spacial score (nSPS) is 23.3. The molecule has 0 aromatic heterocycles. The van der Waals surface area contributed by atoms with Crippen LogP contribution in [0.3, 0.4) is 0 Å². The third-order valence-electron chi connectivity index (χ3n) is 12.6. The Morgan fingerprint density at radius 3 is 2.32 bits per heavy atom. The molecule has 9 rings (SSSR count). The minimum Gasteiger partial charge on any atom is -0.497 e. The topological polar surface area (TPSA) is 109 Å². The standard InChI is InChI=1S/C47H46FN3O7Si/c1-29-44(59(3,4)48)42(25-43(53)49-27-32-12-6-5-11-31(32)23-34(49)28-52)58-47(29)37-24-35(56-2)21-22-38(37)50(46(47)55)26-30-17-19-33(20-18-30)51-39-14-8-10-16-41(39)57-40-15-9-7-13-36(40)45(51)54/h5-22,24,29,34,42,44,52H,23,25-28H2,1-4H3/t29-,34-,42+,44-,47+/m0/s1. The van der Waals surface area contributed by atoms with Gasteiger partial charge in [0.2, 0.25) is 14.3 Å². The average molecular weight is 812 g/mol. The van der Waals surface area contributed by atoms with Crippen LogP contribution in [0.5, 0.6) is 17.2 Å². The van der Waals surface area contributed by atoms with Crippen LogP contribution >= 0.6 is 0 Å². The summed E-state index contributed by atoms with van der Waals surface area (Å²) in [6.07, 6.45) is -0.494. The number of nitrogens with zero attached hydrogens (tertiary/aromatic N) is 3. The Bertz CT molecular complexity index is 2470. The van der Waals surface area contributed by atoms with Crippen molar-refractivity contribution in [2.24, 2.45) is 5.92 Å². The van der Waals surface area contributed by atoms with Crippen LogP contribution in [-0.4, -0.2) is 62.0 Å². The minimum atomic E-state index is -3.58. The van der Waals surface area contributed by atoms with Gasteiger partial charge in [-0.2, -0.15) is 0 Å². The van der Waals surface area contributed by atoms with Crippen molar-refractivity contribution < 1.29 is 37.8 Å². The number of rotatable bonds is 8.